The van der Waals surface area contributed by atoms with Gasteiger partial charge in [-0.2, -0.15) is 0 Å². The summed E-state index contributed by atoms with van der Waals surface area (Å²) in [5.41, 5.74) is 0.778. The first kappa shape index (κ1) is 17.2. The molecule has 0 N–H and O–H groups in total. The first-order chi connectivity index (χ1) is 12.6. The molecule has 7 heteroatoms. The number of halogens is 1. The van der Waals surface area contributed by atoms with Crippen molar-refractivity contribution in [3.8, 4) is 11.5 Å². The number of carbonyl (C=O) groups excluding carboxylic acids is 1. The summed E-state index contributed by atoms with van der Waals surface area (Å²) in [4.78, 5) is 19.2. The highest BCUT2D eigenvalue weighted by Crippen LogP contribution is 2.36. The molecular weight excluding hydrogens is 354 g/mol. The van der Waals surface area contributed by atoms with Crippen molar-refractivity contribution in [2.24, 2.45) is 7.05 Å². The van der Waals surface area contributed by atoms with E-state index in [-0.39, 0.29) is 18.2 Å². The molecule has 138 valence electrons. The van der Waals surface area contributed by atoms with E-state index >= 15 is 0 Å². The fraction of sp³-hybridized carbons (Fsp3) is 0.474. The van der Waals surface area contributed by atoms with Crippen molar-refractivity contribution in [1.82, 2.24) is 14.5 Å². The number of aromatic nitrogens is 2. The lowest BCUT2D eigenvalue weighted by Crippen LogP contribution is -2.40. The number of aryl methyl sites for hydroxylation is 1. The van der Waals surface area contributed by atoms with Gasteiger partial charge in [0.2, 0.25) is 5.91 Å². The lowest BCUT2D eigenvalue weighted by Gasteiger charge is -2.32. The molecule has 3 heterocycles. The first-order valence-electron chi connectivity index (χ1n) is 8.95. The van der Waals surface area contributed by atoms with E-state index < -0.39 is 0 Å². The van der Waals surface area contributed by atoms with Crippen molar-refractivity contribution in [1.29, 1.82) is 0 Å². The smallest absolute Gasteiger partial charge is 0.227 e. The van der Waals surface area contributed by atoms with E-state index in [1.165, 1.54) is 0 Å². The lowest BCUT2D eigenvalue weighted by atomic mass is 9.96. The van der Waals surface area contributed by atoms with Crippen LogP contribution < -0.4 is 9.47 Å². The molecule has 26 heavy (non-hydrogen) atoms. The van der Waals surface area contributed by atoms with E-state index in [1.54, 1.807) is 6.07 Å². The predicted molar refractivity (Wildman–Crippen MR) is 97.9 cm³/mol. The third kappa shape index (κ3) is 3.38. The number of piperidine rings is 1. The Kier molecular flexibility index (Phi) is 4.76. The molecular formula is C19H22ClN3O3. The van der Waals surface area contributed by atoms with Crippen LogP contribution >= 0.6 is 11.6 Å². The summed E-state index contributed by atoms with van der Waals surface area (Å²) in [5.74, 6) is 2.71. The monoisotopic (exact) mass is 375 g/mol. The zero-order valence-corrected chi connectivity index (χ0v) is 15.5. The average Bonchev–Trinajstić information content (AvgIpc) is 3.08. The molecule has 0 radical (unpaired) electrons. The quantitative estimate of drug-likeness (QED) is 0.827. The summed E-state index contributed by atoms with van der Waals surface area (Å²) >= 11 is 6.36. The maximum Gasteiger partial charge on any atom is 0.227 e. The van der Waals surface area contributed by atoms with Gasteiger partial charge >= 0.3 is 0 Å². The predicted octanol–water partition coefficient (Wildman–Crippen LogP) is 2.79. The van der Waals surface area contributed by atoms with Gasteiger partial charge in [0, 0.05) is 49.5 Å². The van der Waals surface area contributed by atoms with Crippen LogP contribution in [0.1, 0.15) is 30.1 Å². The summed E-state index contributed by atoms with van der Waals surface area (Å²) in [6, 6.07) is 3.57. The maximum atomic E-state index is 12.9. The fourth-order valence-electron chi connectivity index (χ4n) is 3.70. The Morgan fingerprint density at radius 1 is 1.31 bits per heavy atom. The van der Waals surface area contributed by atoms with Crippen molar-refractivity contribution in [2.45, 2.75) is 25.2 Å². The highest BCUT2D eigenvalue weighted by molar-refractivity contribution is 6.31. The number of hydrogen-bond donors (Lipinski definition) is 0. The number of imidazole rings is 1. The molecule has 1 unspecified atom stereocenters. The molecule has 0 saturated carbocycles. The third-order valence-corrected chi connectivity index (χ3v) is 5.40. The zero-order valence-electron chi connectivity index (χ0n) is 14.8. The number of rotatable bonds is 3. The number of likely N-dealkylation sites (tertiary alicyclic amines) is 1. The van der Waals surface area contributed by atoms with E-state index in [9.17, 15) is 4.79 Å². The topological polar surface area (TPSA) is 56.6 Å². The van der Waals surface area contributed by atoms with Crippen LogP contribution in [0.15, 0.2) is 24.5 Å². The van der Waals surface area contributed by atoms with E-state index in [2.05, 4.69) is 4.98 Å². The summed E-state index contributed by atoms with van der Waals surface area (Å²) < 4.78 is 13.2. The Hall–Kier alpha value is -2.21. The molecule has 1 atom stereocenters. The summed E-state index contributed by atoms with van der Waals surface area (Å²) in [5, 5.41) is 0.542. The second-order valence-electron chi connectivity index (χ2n) is 6.84. The highest BCUT2D eigenvalue weighted by Gasteiger charge is 2.27. The van der Waals surface area contributed by atoms with Crippen molar-refractivity contribution >= 4 is 17.5 Å². The van der Waals surface area contributed by atoms with Gasteiger partial charge in [-0.1, -0.05) is 11.6 Å². The minimum absolute atomic E-state index is 0.0856. The molecule has 1 aromatic carbocycles. The van der Waals surface area contributed by atoms with Gasteiger partial charge in [0.1, 0.15) is 19.0 Å². The van der Waals surface area contributed by atoms with Gasteiger partial charge in [0.15, 0.2) is 11.5 Å². The van der Waals surface area contributed by atoms with Crippen LogP contribution in [0.4, 0.5) is 0 Å². The van der Waals surface area contributed by atoms with Gasteiger partial charge in [0.25, 0.3) is 0 Å². The van der Waals surface area contributed by atoms with Crippen molar-refractivity contribution in [2.75, 3.05) is 26.3 Å². The van der Waals surface area contributed by atoms with Crippen LogP contribution in [0.3, 0.4) is 0 Å². The Morgan fingerprint density at radius 3 is 2.81 bits per heavy atom. The molecule has 2 aromatic rings. The molecule has 1 fully saturated rings. The average molecular weight is 376 g/mol. The second-order valence-corrected chi connectivity index (χ2v) is 7.25. The second kappa shape index (κ2) is 7.19. The van der Waals surface area contributed by atoms with Crippen LogP contribution in [-0.2, 0) is 18.3 Å². The molecule has 1 saturated heterocycles. The number of fused-ring (bicyclic) bond motifs is 1. The Morgan fingerprint density at radius 2 is 2.08 bits per heavy atom. The molecule has 0 bridgehead atoms. The maximum absolute atomic E-state index is 12.9. The fourth-order valence-corrected chi connectivity index (χ4v) is 3.92. The van der Waals surface area contributed by atoms with E-state index in [0.717, 1.165) is 30.8 Å². The van der Waals surface area contributed by atoms with Crippen LogP contribution in [0.5, 0.6) is 11.5 Å². The van der Waals surface area contributed by atoms with E-state index in [0.29, 0.717) is 36.3 Å². The van der Waals surface area contributed by atoms with Gasteiger partial charge in [-0.05, 0) is 24.5 Å². The number of benzene rings is 1. The van der Waals surface area contributed by atoms with Crippen molar-refractivity contribution in [3.05, 3.63) is 40.9 Å². The number of hydrogen-bond acceptors (Lipinski definition) is 4. The molecule has 4 rings (SSSR count). The van der Waals surface area contributed by atoms with Crippen molar-refractivity contribution < 1.29 is 14.3 Å². The number of ether oxygens (including phenoxy) is 2. The molecule has 1 aromatic heterocycles. The van der Waals surface area contributed by atoms with Gasteiger partial charge in [-0.3, -0.25) is 4.79 Å². The summed E-state index contributed by atoms with van der Waals surface area (Å²) in [6.45, 7) is 2.51. The van der Waals surface area contributed by atoms with Crippen LogP contribution in [0.25, 0.3) is 0 Å². The van der Waals surface area contributed by atoms with Gasteiger partial charge in [-0.25, -0.2) is 4.98 Å². The normalized spacial score (nSPS) is 19.5. The number of amides is 1. The van der Waals surface area contributed by atoms with Gasteiger partial charge < -0.3 is 18.9 Å². The largest absolute Gasteiger partial charge is 0.486 e. The number of nitrogens with zero attached hydrogens (tertiary/aromatic N) is 3. The van der Waals surface area contributed by atoms with Crippen molar-refractivity contribution in [3.63, 3.8) is 0 Å². The lowest BCUT2D eigenvalue weighted by molar-refractivity contribution is -0.131. The van der Waals surface area contributed by atoms with E-state index in [4.69, 9.17) is 21.1 Å². The Labute approximate surface area is 157 Å². The number of carbonyl (C=O) groups is 1. The highest BCUT2D eigenvalue weighted by atomic mass is 35.5. The van der Waals surface area contributed by atoms with Gasteiger partial charge in [0.05, 0.1) is 6.42 Å². The summed E-state index contributed by atoms with van der Waals surface area (Å²) in [7, 11) is 2.00. The summed E-state index contributed by atoms with van der Waals surface area (Å²) in [6.07, 6.45) is 6.07. The molecule has 6 nitrogen and oxygen atoms in total. The first-order valence-corrected chi connectivity index (χ1v) is 9.32. The molecule has 1 amide bonds. The standard InChI is InChI=1S/C19H22ClN3O3/c1-22-6-4-21-19(22)13-3-2-5-23(12-13)18(24)10-14-9-16-17(11-15(14)20)26-8-7-25-16/h4,6,9,11,13H,2-3,5,7-8,10,12H2,1H3. The Balaban J connectivity index is 1.47. The van der Waals surface area contributed by atoms with Gasteiger partial charge in [-0.15, -0.1) is 0 Å². The molecule has 2 aliphatic heterocycles. The minimum Gasteiger partial charge on any atom is -0.486 e. The van der Waals surface area contributed by atoms with E-state index in [1.807, 2.05) is 35.0 Å². The third-order valence-electron chi connectivity index (χ3n) is 5.05. The van der Waals surface area contributed by atoms with Crippen LogP contribution in [-0.4, -0.2) is 46.7 Å². The zero-order chi connectivity index (χ0) is 18.1. The van der Waals surface area contributed by atoms with Crippen LogP contribution in [0.2, 0.25) is 5.02 Å². The Bertz CT molecular complexity index is 820. The molecule has 2 aliphatic rings. The molecule has 0 aliphatic carbocycles. The van der Waals surface area contributed by atoms with Crippen LogP contribution in [0, 0.1) is 0 Å². The minimum atomic E-state index is 0.0856. The SMILES string of the molecule is Cn1ccnc1C1CCCN(C(=O)Cc2cc3c(cc2Cl)OCCO3)C1. The molecule has 0 spiro atoms.